The third-order valence-electron chi connectivity index (χ3n) is 3.25. The van der Waals surface area contributed by atoms with Crippen LogP contribution in [0.25, 0.3) is 0 Å². The summed E-state index contributed by atoms with van der Waals surface area (Å²) >= 11 is 3.38. The molecule has 2 aromatic rings. The van der Waals surface area contributed by atoms with Gasteiger partial charge in [-0.15, -0.1) is 0 Å². The number of aromatic nitrogens is 4. The van der Waals surface area contributed by atoms with Crippen LogP contribution >= 0.6 is 15.9 Å². The molecule has 6 nitrogen and oxygen atoms in total. The molecule has 7 heteroatoms. The smallest absolute Gasteiger partial charge is 0.176 e. The number of aryl methyl sites for hydroxylation is 1. The van der Waals surface area contributed by atoms with Crippen LogP contribution in [0.2, 0.25) is 0 Å². The average Bonchev–Trinajstić information content (AvgIpc) is 2.83. The third-order valence-corrected chi connectivity index (χ3v) is 3.72. The van der Waals surface area contributed by atoms with Crippen LogP contribution in [0.4, 0.5) is 5.82 Å². The molecule has 3 heterocycles. The molecule has 2 aromatic heterocycles. The Kier molecular flexibility index (Phi) is 3.98. The van der Waals surface area contributed by atoms with Gasteiger partial charge < -0.3 is 10.1 Å². The average molecular weight is 338 g/mol. The number of halogens is 1. The predicted octanol–water partition coefficient (Wildman–Crippen LogP) is 2.01. The first kappa shape index (κ1) is 13.5. The molecule has 106 valence electrons. The van der Waals surface area contributed by atoms with Crippen molar-refractivity contribution in [3.05, 3.63) is 34.5 Å². The van der Waals surface area contributed by atoms with E-state index in [-0.39, 0.29) is 0 Å². The number of rotatable bonds is 4. The van der Waals surface area contributed by atoms with Gasteiger partial charge in [0.1, 0.15) is 18.2 Å². The number of anilines is 1. The molecular formula is C13H16BrN5O. The minimum Gasteiger partial charge on any atom is -0.377 e. The first-order valence-electron chi connectivity index (χ1n) is 6.54. The van der Waals surface area contributed by atoms with Crippen molar-refractivity contribution < 1.29 is 4.74 Å². The summed E-state index contributed by atoms with van der Waals surface area (Å²) in [5.74, 6) is 2.68. The maximum Gasteiger partial charge on any atom is 0.176 e. The van der Waals surface area contributed by atoms with Gasteiger partial charge in [-0.3, -0.25) is 0 Å². The van der Waals surface area contributed by atoms with Crippen LogP contribution in [0, 0.1) is 0 Å². The van der Waals surface area contributed by atoms with Gasteiger partial charge in [-0.25, -0.2) is 14.6 Å². The van der Waals surface area contributed by atoms with Gasteiger partial charge in [-0.1, -0.05) is 0 Å². The van der Waals surface area contributed by atoms with E-state index >= 15 is 0 Å². The molecule has 1 N–H and O–H groups in total. The van der Waals surface area contributed by atoms with Crippen LogP contribution in [0.1, 0.15) is 18.1 Å². The molecule has 1 unspecified atom stereocenters. The molecule has 0 saturated carbocycles. The fourth-order valence-corrected chi connectivity index (χ4v) is 2.57. The molecule has 0 aliphatic carbocycles. The van der Waals surface area contributed by atoms with E-state index in [0.717, 1.165) is 41.3 Å². The molecule has 0 amide bonds. The molecule has 0 radical (unpaired) electrons. The van der Waals surface area contributed by atoms with Crippen LogP contribution in [0.5, 0.6) is 0 Å². The first-order valence-corrected chi connectivity index (χ1v) is 7.33. The monoisotopic (exact) mass is 337 g/mol. The van der Waals surface area contributed by atoms with Crippen LogP contribution in [0.3, 0.4) is 0 Å². The van der Waals surface area contributed by atoms with Crippen molar-refractivity contribution in [2.24, 2.45) is 0 Å². The molecule has 1 atom stereocenters. The quantitative estimate of drug-likeness (QED) is 0.924. The number of nitrogens with one attached hydrogen (secondary N) is 1. The Morgan fingerprint density at radius 2 is 2.40 bits per heavy atom. The van der Waals surface area contributed by atoms with E-state index in [1.54, 1.807) is 13.3 Å². The molecule has 0 saturated heterocycles. The highest BCUT2D eigenvalue weighted by atomic mass is 79.9. The third kappa shape index (κ3) is 2.99. The highest BCUT2D eigenvalue weighted by molar-refractivity contribution is 9.10. The fraction of sp³-hybridized carbons (Fsp3) is 0.462. The maximum absolute atomic E-state index is 5.07. The lowest BCUT2D eigenvalue weighted by Gasteiger charge is -2.23. The van der Waals surface area contributed by atoms with Gasteiger partial charge in [0.25, 0.3) is 0 Å². The summed E-state index contributed by atoms with van der Waals surface area (Å²) in [5.41, 5.74) is 0. The molecule has 1 aliphatic rings. The number of methoxy groups -OCH3 is 1. The summed E-state index contributed by atoms with van der Waals surface area (Å²) in [6.45, 7) is 1.27. The van der Waals surface area contributed by atoms with Gasteiger partial charge >= 0.3 is 0 Å². The molecule has 0 spiro atoms. The molecule has 0 fully saturated rings. The van der Waals surface area contributed by atoms with Crippen molar-refractivity contribution in [1.82, 2.24) is 19.7 Å². The Morgan fingerprint density at radius 1 is 1.50 bits per heavy atom. The second-order valence-electron chi connectivity index (χ2n) is 4.80. The van der Waals surface area contributed by atoms with E-state index < -0.39 is 0 Å². The fourth-order valence-electron chi connectivity index (χ4n) is 2.34. The summed E-state index contributed by atoms with van der Waals surface area (Å²) in [6, 6.07) is 4.28. The summed E-state index contributed by atoms with van der Waals surface area (Å²) in [4.78, 5) is 8.81. The van der Waals surface area contributed by atoms with Crippen molar-refractivity contribution in [2.45, 2.75) is 32.0 Å². The topological polar surface area (TPSA) is 64.9 Å². The molecule has 0 aromatic carbocycles. The number of hydrogen-bond acceptors (Lipinski definition) is 5. The predicted molar refractivity (Wildman–Crippen MR) is 78.4 cm³/mol. The Balaban J connectivity index is 1.67. The van der Waals surface area contributed by atoms with E-state index in [1.165, 1.54) is 0 Å². The van der Waals surface area contributed by atoms with E-state index in [2.05, 4.69) is 36.3 Å². The highest BCUT2D eigenvalue weighted by Gasteiger charge is 2.21. The van der Waals surface area contributed by atoms with Gasteiger partial charge in [-0.2, -0.15) is 5.10 Å². The zero-order chi connectivity index (χ0) is 13.9. The summed E-state index contributed by atoms with van der Waals surface area (Å²) in [5, 5.41) is 7.90. The Labute approximate surface area is 125 Å². The Bertz CT molecular complexity index is 583. The molecular weight excluding hydrogens is 322 g/mol. The van der Waals surface area contributed by atoms with Crippen molar-refractivity contribution >= 4 is 21.7 Å². The van der Waals surface area contributed by atoms with Crippen molar-refractivity contribution in [3.63, 3.8) is 0 Å². The van der Waals surface area contributed by atoms with Crippen LogP contribution in [-0.4, -0.2) is 32.9 Å². The largest absolute Gasteiger partial charge is 0.377 e. The second-order valence-corrected chi connectivity index (χ2v) is 5.72. The van der Waals surface area contributed by atoms with Gasteiger partial charge in [0, 0.05) is 30.2 Å². The van der Waals surface area contributed by atoms with E-state index in [9.17, 15) is 0 Å². The SMILES string of the molecule is COCc1nc2n(n1)CC(Nc1ccc(Br)cn1)CC2. The number of nitrogens with zero attached hydrogens (tertiary/aromatic N) is 4. The lowest BCUT2D eigenvalue weighted by atomic mass is 10.1. The first-order chi connectivity index (χ1) is 9.74. The maximum atomic E-state index is 5.07. The summed E-state index contributed by atoms with van der Waals surface area (Å²) in [7, 11) is 1.66. The normalized spacial score (nSPS) is 17.8. The van der Waals surface area contributed by atoms with Gasteiger partial charge in [0.05, 0.1) is 6.54 Å². The Morgan fingerprint density at radius 3 is 3.15 bits per heavy atom. The highest BCUT2D eigenvalue weighted by Crippen LogP contribution is 2.18. The lowest BCUT2D eigenvalue weighted by Crippen LogP contribution is -2.32. The zero-order valence-electron chi connectivity index (χ0n) is 11.2. The van der Waals surface area contributed by atoms with Crippen LogP contribution in [-0.2, 0) is 24.3 Å². The van der Waals surface area contributed by atoms with E-state index in [0.29, 0.717) is 12.6 Å². The lowest BCUT2D eigenvalue weighted by molar-refractivity contribution is 0.177. The number of fused-ring (bicyclic) bond motifs is 1. The van der Waals surface area contributed by atoms with Crippen molar-refractivity contribution in [1.29, 1.82) is 0 Å². The van der Waals surface area contributed by atoms with Crippen LogP contribution in [0.15, 0.2) is 22.8 Å². The number of hydrogen-bond donors (Lipinski definition) is 1. The Hall–Kier alpha value is -1.47. The van der Waals surface area contributed by atoms with Crippen LogP contribution < -0.4 is 5.32 Å². The minimum atomic E-state index is 0.327. The van der Waals surface area contributed by atoms with Crippen molar-refractivity contribution in [2.75, 3.05) is 12.4 Å². The van der Waals surface area contributed by atoms with Gasteiger partial charge in [-0.05, 0) is 34.5 Å². The van der Waals surface area contributed by atoms with Gasteiger partial charge in [0.2, 0.25) is 0 Å². The standard InChI is InChI=1S/C13H16BrN5O/c1-20-8-12-17-13-5-3-10(7-19(13)18-12)16-11-4-2-9(14)6-15-11/h2,4,6,10H,3,5,7-8H2,1H3,(H,15,16). The molecule has 0 bridgehead atoms. The summed E-state index contributed by atoms with van der Waals surface area (Å²) < 4.78 is 8.02. The van der Waals surface area contributed by atoms with E-state index in [4.69, 9.17) is 4.74 Å². The minimum absolute atomic E-state index is 0.327. The number of pyridine rings is 1. The molecule has 3 rings (SSSR count). The zero-order valence-corrected chi connectivity index (χ0v) is 12.8. The van der Waals surface area contributed by atoms with Crippen molar-refractivity contribution in [3.8, 4) is 0 Å². The van der Waals surface area contributed by atoms with Gasteiger partial charge in [0.15, 0.2) is 5.82 Å². The molecule has 1 aliphatic heterocycles. The van der Waals surface area contributed by atoms with E-state index in [1.807, 2.05) is 16.8 Å². The second kappa shape index (κ2) is 5.88. The number of ether oxygens (including phenoxy) is 1. The summed E-state index contributed by atoms with van der Waals surface area (Å²) in [6.07, 6.45) is 3.75. The molecule has 20 heavy (non-hydrogen) atoms.